The van der Waals surface area contributed by atoms with Gasteiger partial charge in [0.1, 0.15) is 16.6 Å². The number of hydrogen-bond acceptors (Lipinski definition) is 5. The Morgan fingerprint density at radius 2 is 1.88 bits per heavy atom. The number of anilines is 1. The van der Waals surface area contributed by atoms with E-state index in [0.29, 0.717) is 16.1 Å². The third kappa shape index (κ3) is 3.91. The normalized spacial score (nSPS) is 10.9. The summed E-state index contributed by atoms with van der Waals surface area (Å²) in [5.41, 5.74) is 8.68. The molecule has 1 amide bonds. The Balaban J connectivity index is 1.78. The van der Waals surface area contributed by atoms with Crippen LogP contribution in [0.3, 0.4) is 0 Å². The molecule has 0 spiro atoms. The van der Waals surface area contributed by atoms with Crippen molar-refractivity contribution in [3.8, 4) is 17.3 Å². The maximum absolute atomic E-state index is 11.1. The lowest BCUT2D eigenvalue weighted by atomic mass is 10.2. The number of nitriles is 1. The van der Waals surface area contributed by atoms with Crippen LogP contribution in [0.4, 0.5) is 5.69 Å². The van der Waals surface area contributed by atoms with E-state index in [2.05, 4.69) is 16.4 Å². The number of benzene rings is 2. The van der Waals surface area contributed by atoms with Gasteiger partial charge >= 0.3 is 0 Å². The highest BCUT2D eigenvalue weighted by Crippen LogP contribution is 2.25. The van der Waals surface area contributed by atoms with Crippen molar-refractivity contribution in [2.75, 3.05) is 5.32 Å². The third-order valence-corrected chi connectivity index (χ3v) is 4.35. The molecule has 0 fully saturated rings. The van der Waals surface area contributed by atoms with E-state index in [1.54, 1.807) is 30.5 Å². The minimum absolute atomic E-state index is 0.433. The van der Waals surface area contributed by atoms with Crippen LogP contribution in [-0.4, -0.2) is 10.9 Å². The van der Waals surface area contributed by atoms with Crippen molar-refractivity contribution in [1.29, 1.82) is 5.26 Å². The molecule has 0 aliphatic carbocycles. The van der Waals surface area contributed by atoms with E-state index in [4.69, 9.17) is 5.73 Å². The van der Waals surface area contributed by atoms with Gasteiger partial charge in [0.05, 0.1) is 5.69 Å². The molecule has 0 radical (unpaired) electrons. The molecular formula is C19H14N4OS. The average Bonchev–Trinajstić information content (AvgIpc) is 3.13. The van der Waals surface area contributed by atoms with Crippen molar-refractivity contribution in [2.45, 2.75) is 0 Å². The molecule has 0 aliphatic heterocycles. The molecule has 0 bridgehead atoms. The molecule has 0 atom stereocenters. The second-order valence-corrected chi connectivity index (χ2v) is 6.02. The smallest absolute Gasteiger partial charge is 0.248 e. The van der Waals surface area contributed by atoms with Gasteiger partial charge in [0.25, 0.3) is 0 Å². The lowest BCUT2D eigenvalue weighted by molar-refractivity contribution is 0.100. The first-order valence-electron chi connectivity index (χ1n) is 7.45. The Hall–Kier alpha value is -3.43. The number of nitrogens with one attached hydrogen (secondary N) is 1. The first-order valence-corrected chi connectivity index (χ1v) is 8.33. The summed E-state index contributed by atoms with van der Waals surface area (Å²) < 4.78 is 0. The molecule has 6 heteroatoms. The van der Waals surface area contributed by atoms with Crippen LogP contribution >= 0.6 is 11.3 Å². The van der Waals surface area contributed by atoms with Crippen LogP contribution < -0.4 is 11.1 Å². The van der Waals surface area contributed by atoms with Crippen LogP contribution in [0.15, 0.2) is 66.2 Å². The average molecular weight is 346 g/mol. The summed E-state index contributed by atoms with van der Waals surface area (Å²) in [4.78, 5) is 15.6. The van der Waals surface area contributed by atoms with Crippen LogP contribution in [0.2, 0.25) is 0 Å². The molecular weight excluding hydrogens is 332 g/mol. The number of rotatable bonds is 5. The lowest BCUT2D eigenvalue weighted by Crippen LogP contribution is -2.10. The number of carbonyl (C=O) groups is 1. The molecule has 0 saturated carbocycles. The number of thiazole rings is 1. The summed E-state index contributed by atoms with van der Waals surface area (Å²) in [6, 6.07) is 18.7. The molecule has 1 aromatic heterocycles. The van der Waals surface area contributed by atoms with E-state index in [9.17, 15) is 10.1 Å². The van der Waals surface area contributed by atoms with E-state index >= 15 is 0 Å². The zero-order valence-electron chi connectivity index (χ0n) is 13.1. The second-order valence-electron chi connectivity index (χ2n) is 5.16. The summed E-state index contributed by atoms with van der Waals surface area (Å²) in [5.74, 6) is -0.476. The van der Waals surface area contributed by atoms with Gasteiger partial charge in [-0.05, 0) is 24.3 Å². The number of allylic oxidation sites excluding steroid dienone is 1. The van der Waals surface area contributed by atoms with E-state index in [0.717, 1.165) is 16.9 Å². The Kier molecular flexibility index (Phi) is 4.88. The van der Waals surface area contributed by atoms with Gasteiger partial charge in [-0.25, -0.2) is 4.98 Å². The summed E-state index contributed by atoms with van der Waals surface area (Å²) in [6.45, 7) is 0. The highest BCUT2D eigenvalue weighted by molar-refractivity contribution is 7.11. The van der Waals surface area contributed by atoms with E-state index in [1.165, 1.54) is 11.3 Å². The fraction of sp³-hybridized carbons (Fsp3) is 0. The zero-order valence-corrected chi connectivity index (χ0v) is 14.0. The molecule has 122 valence electrons. The SMILES string of the molecule is N#C/C(=C/Nc1ccc(C(N)=O)cc1)c1nc(-c2ccccc2)cs1. The number of hydrogen-bond donors (Lipinski definition) is 2. The summed E-state index contributed by atoms with van der Waals surface area (Å²) >= 11 is 1.42. The van der Waals surface area contributed by atoms with Crippen LogP contribution in [0.5, 0.6) is 0 Å². The molecule has 0 aliphatic rings. The quantitative estimate of drug-likeness (QED) is 0.686. The molecule has 3 N–H and O–H groups in total. The number of nitrogens with two attached hydrogens (primary N) is 1. The lowest BCUT2D eigenvalue weighted by Gasteiger charge is -2.02. The fourth-order valence-corrected chi connectivity index (χ4v) is 2.96. The van der Waals surface area contributed by atoms with Gasteiger partial charge in [0.2, 0.25) is 5.91 Å². The van der Waals surface area contributed by atoms with Crippen molar-refractivity contribution in [1.82, 2.24) is 4.98 Å². The van der Waals surface area contributed by atoms with Crippen molar-refractivity contribution in [3.05, 3.63) is 76.7 Å². The van der Waals surface area contributed by atoms with Crippen LogP contribution in [-0.2, 0) is 0 Å². The van der Waals surface area contributed by atoms with Gasteiger partial charge in [-0.1, -0.05) is 30.3 Å². The number of nitrogens with zero attached hydrogens (tertiary/aromatic N) is 2. The molecule has 0 unspecified atom stereocenters. The van der Waals surface area contributed by atoms with Crippen LogP contribution in [0.1, 0.15) is 15.4 Å². The number of primary amides is 1. The minimum Gasteiger partial charge on any atom is -0.366 e. The molecule has 1 heterocycles. The standard InChI is InChI=1S/C19H14N4OS/c20-10-15(11-22-16-8-6-14(7-9-16)18(21)24)19-23-17(12-25-19)13-4-2-1-3-5-13/h1-9,11-12,22H,(H2,21,24)/b15-11-. The topological polar surface area (TPSA) is 91.8 Å². The first kappa shape index (κ1) is 16.4. The molecule has 0 saturated heterocycles. The van der Waals surface area contributed by atoms with Gasteiger partial charge in [-0.15, -0.1) is 11.3 Å². The predicted octanol–water partition coefficient (Wildman–Crippen LogP) is 3.89. The van der Waals surface area contributed by atoms with Crippen molar-refractivity contribution >= 4 is 28.5 Å². The predicted molar refractivity (Wildman–Crippen MR) is 99.7 cm³/mol. The van der Waals surface area contributed by atoms with Gasteiger partial charge in [0, 0.05) is 28.4 Å². The maximum atomic E-state index is 11.1. The van der Waals surface area contributed by atoms with Gasteiger partial charge < -0.3 is 11.1 Å². The second kappa shape index (κ2) is 7.43. The molecule has 3 rings (SSSR count). The van der Waals surface area contributed by atoms with Crippen LogP contribution in [0.25, 0.3) is 16.8 Å². The van der Waals surface area contributed by atoms with Gasteiger partial charge in [0.15, 0.2) is 0 Å². The van der Waals surface area contributed by atoms with E-state index in [-0.39, 0.29) is 0 Å². The molecule has 2 aromatic carbocycles. The molecule has 3 aromatic rings. The Labute approximate surface area is 149 Å². The van der Waals surface area contributed by atoms with Crippen molar-refractivity contribution in [2.24, 2.45) is 5.73 Å². The minimum atomic E-state index is -0.476. The number of aromatic nitrogens is 1. The Morgan fingerprint density at radius 3 is 2.52 bits per heavy atom. The van der Waals surface area contributed by atoms with Crippen molar-refractivity contribution < 1.29 is 4.79 Å². The van der Waals surface area contributed by atoms with E-state index in [1.807, 2.05) is 35.7 Å². The first-order chi connectivity index (χ1) is 12.2. The van der Waals surface area contributed by atoms with E-state index < -0.39 is 5.91 Å². The largest absolute Gasteiger partial charge is 0.366 e. The molecule has 25 heavy (non-hydrogen) atoms. The summed E-state index contributed by atoms with van der Waals surface area (Å²) in [7, 11) is 0. The van der Waals surface area contributed by atoms with Crippen molar-refractivity contribution in [3.63, 3.8) is 0 Å². The molecule has 5 nitrogen and oxygen atoms in total. The number of carbonyl (C=O) groups excluding carboxylic acids is 1. The van der Waals surface area contributed by atoms with Crippen LogP contribution in [0, 0.1) is 11.3 Å². The Morgan fingerprint density at radius 1 is 1.16 bits per heavy atom. The van der Waals surface area contributed by atoms with Gasteiger partial charge in [-0.3, -0.25) is 4.79 Å². The summed E-state index contributed by atoms with van der Waals surface area (Å²) in [6.07, 6.45) is 1.60. The Bertz CT molecular complexity index is 953. The van der Waals surface area contributed by atoms with Gasteiger partial charge in [-0.2, -0.15) is 5.26 Å². The highest BCUT2D eigenvalue weighted by Gasteiger charge is 2.08. The maximum Gasteiger partial charge on any atom is 0.248 e. The monoisotopic (exact) mass is 346 g/mol. The zero-order chi connectivity index (χ0) is 17.6. The number of amides is 1. The summed E-state index contributed by atoms with van der Waals surface area (Å²) in [5, 5.41) is 15.0. The highest BCUT2D eigenvalue weighted by atomic mass is 32.1. The third-order valence-electron chi connectivity index (χ3n) is 3.48. The fourth-order valence-electron chi connectivity index (χ4n) is 2.17.